The minimum absolute atomic E-state index is 0.0317. The molecule has 2 aliphatic rings. The van der Waals surface area contributed by atoms with E-state index < -0.39 is 11.7 Å². The highest BCUT2D eigenvalue weighted by Gasteiger charge is 2.36. The van der Waals surface area contributed by atoms with Crippen molar-refractivity contribution >= 4 is 11.6 Å². The van der Waals surface area contributed by atoms with Gasteiger partial charge in [0, 0.05) is 13.0 Å². The summed E-state index contributed by atoms with van der Waals surface area (Å²) >= 11 is 0. The average Bonchev–Trinajstić information content (AvgIpc) is 3.06. The largest absolute Gasteiger partial charge is 0.416 e. The predicted octanol–water partition coefficient (Wildman–Crippen LogP) is 2.84. The molecule has 8 heteroatoms. The van der Waals surface area contributed by atoms with Gasteiger partial charge in [0.25, 0.3) is 0 Å². The maximum atomic E-state index is 12.6. The molecule has 5 nitrogen and oxygen atoms in total. The van der Waals surface area contributed by atoms with Crippen molar-refractivity contribution in [2.24, 2.45) is 10.3 Å². The van der Waals surface area contributed by atoms with Crippen LogP contribution in [0.5, 0.6) is 0 Å². The van der Waals surface area contributed by atoms with Gasteiger partial charge < -0.3 is 4.90 Å². The van der Waals surface area contributed by atoms with Gasteiger partial charge in [0.1, 0.15) is 12.7 Å². The van der Waals surface area contributed by atoms with E-state index in [2.05, 4.69) is 10.3 Å². The predicted molar refractivity (Wildman–Crippen MR) is 68.4 cm³/mol. The Morgan fingerprint density at radius 3 is 2.48 bits per heavy atom. The van der Waals surface area contributed by atoms with Gasteiger partial charge in [0.2, 0.25) is 5.91 Å². The second-order valence-corrected chi connectivity index (χ2v) is 4.97. The zero-order valence-electron chi connectivity index (χ0n) is 11.0. The minimum Gasteiger partial charge on any atom is -0.319 e. The van der Waals surface area contributed by atoms with Crippen molar-refractivity contribution in [3.05, 3.63) is 29.8 Å². The molecule has 0 saturated carbocycles. The van der Waals surface area contributed by atoms with Gasteiger partial charge in [-0.05, 0) is 30.7 Å². The molecule has 21 heavy (non-hydrogen) atoms. The van der Waals surface area contributed by atoms with Crippen molar-refractivity contribution in [3.8, 4) is 0 Å². The third-order valence-electron chi connectivity index (χ3n) is 3.62. The molecule has 112 valence electrons. The summed E-state index contributed by atoms with van der Waals surface area (Å²) in [6.07, 6.45) is -3.42. The third kappa shape index (κ3) is 2.57. The summed E-state index contributed by atoms with van der Waals surface area (Å²) in [6, 6.07) is 4.71. The molecule has 0 spiro atoms. The summed E-state index contributed by atoms with van der Waals surface area (Å²) < 4.78 is 37.7. The number of hydrogen-bond acceptors (Lipinski definition) is 4. The Kier molecular flexibility index (Phi) is 3.30. The van der Waals surface area contributed by atoms with Crippen molar-refractivity contribution in [1.29, 1.82) is 0 Å². The maximum Gasteiger partial charge on any atom is 0.416 e. The van der Waals surface area contributed by atoms with Crippen LogP contribution in [-0.4, -0.2) is 30.1 Å². The van der Waals surface area contributed by atoms with E-state index in [0.29, 0.717) is 25.2 Å². The van der Waals surface area contributed by atoms with Crippen molar-refractivity contribution in [2.45, 2.75) is 25.2 Å². The van der Waals surface area contributed by atoms with Crippen LogP contribution in [0, 0.1) is 0 Å². The van der Waals surface area contributed by atoms with Crippen LogP contribution < -0.4 is 5.01 Å². The van der Waals surface area contributed by atoms with E-state index in [4.69, 9.17) is 0 Å². The first-order valence-corrected chi connectivity index (χ1v) is 6.60. The fourth-order valence-corrected chi connectivity index (χ4v) is 2.56. The number of carbonyl (C=O) groups is 1. The lowest BCUT2D eigenvalue weighted by atomic mass is 10.2. The fraction of sp³-hybridized carbons (Fsp3) is 0.462. The van der Waals surface area contributed by atoms with Gasteiger partial charge in [0.05, 0.1) is 11.3 Å². The Balaban J connectivity index is 1.82. The number of alkyl halides is 3. The number of halogens is 3. The lowest BCUT2D eigenvalue weighted by Crippen LogP contribution is -2.46. The van der Waals surface area contributed by atoms with Crippen molar-refractivity contribution in [3.63, 3.8) is 0 Å². The lowest BCUT2D eigenvalue weighted by molar-refractivity contribution is -0.137. The highest BCUT2D eigenvalue weighted by molar-refractivity contribution is 5.79. The van der Waals surface area contributed by atoms with Gasteiger partial charge in [-0.1, -0.05) is 5.22 Å². The SMILES string of the molecule is O=C1CCCN1C1CN=NN1c1ccc(C(F)(F)F)cc1. The Morgan fingerprint density at radius 2 is 1.90 bits per heavy atom. The summed E-state index contributed by atoms with van der Waals surface area (Å²) in [6.45, 7) is 0.971. The second-order valence-electron chi connectivity index (χ2n) is 4.97. The van der Waals surface area contributed by atoms with E-state index in [1.807, 2.05) is 0 Å². The first-order valence-electron chi connectivity index (χ1n) is 6.60. The number of anilines is 1. The van der Waals surface area contributed by atoms with Crippen LogP contribution in [0.3, 0.4) is 0 Å². The molecule has 0 aromatic heterocycles. The lowest BCUT2D eigenvalue weighted by Gasteiger charge is -2.30. The van der Waals surface area contributed by atoms with Gasteiger partial charge in [-0.15, -0.1) is 0 Å². The first-order chi connectivity index (χ1) is 9.97. The standard InChI is InChI=1S/C13H13F3N4O/c14-13(15,16)9-3-5-10(6-4-9)20-11(8-17-18-20)19-7-1-2-12(19)21/h3-6,11H,1-2,7-8H2. The zero-order chi connectivity index (χ0) is 15.0. The average molecular weight is 298 g/mol. The molecular weight excluding hydrogens is 285 g/mol. The molecule has 1 unspecified atom stereocenters. The molecule has 1 atom stereocenters. The summed E-state index contributed by atoms with van der Waals surface area (Å²) in [4.78, 5) is 13.5. The molecule has 0 radical (unpaired) electrons. The molecule has 0 bridgehead atoms. The molecule has 2 heterocycles. The number of carbonyl (C=O) groups excluding carboxylic acids is 1. The zero-order valence-corrected chi connectivity index (χ0v) is 11.0. The van der Waals surface area contributed by atoms with Crippen LogP contribution in [0.1, 0.15) is 18.4 Å². The number of nitrogens with zero attached hydrogens (tertiary/aromatic N) is 4. The minimum atomic E-state index is -4.37. The molecule has 0 aliphatic carbocycles. The van der Waals surface area contributed by atoms with Gasteiger partial charge in [-0.25, -0.2) is 5.01 Å². The topological polar surface area (TPSA) is 48.3 Å². The Bertz CT molecular complexity index is 570. The second kappa shape index (κ2) is 5.01. The van der Waals surface area contributed by atoms with Crippen LogP contribution in [0.4, 0.5) is 18.9 Å². The van der Waals surface area contributed by atoms with Crippen molar-refractivity contribution in [2.75, 3.05) is 18.1 Å². The molecule has 1 aromatic carbocycles. The molecule has 1 saturated heterocycles. The van der Waals surface area contributed by atoms with E-state index in [-0.39, 0.29) is 12.1 Å². The number of rotatable bonds is 2. The molecule has 0 N–H and O–H groups in total. The Hall–Kier alpha value is -2.12. The van der Waals surface area contributed by atoms with E-state index in [1.165, 1.54) is 17.1 Å². The molecule has 1 fully saturated rings. The van der Waals surface area contributed by atoms with Gasteiger partial charge >= 0.3 is 6.18 Å². The van der Waals surface area contributed by atoms with E-state index in [1.54, 1.807) is 4.90 Å². The number of likely N-dealkylation sites (tertiary alicyclic amines) is 1. The van der Waals surface area contributed by atoms with Crippen LogP contribution in [0.2, 0.25) is 0 Å². The van der Waals surface area contributed by atoms with Gasteiger partial charge in [-0.3, -0.25) is 4.79 Å². The summed E-state index contributed by atoms with van der Waals surface area (Å²) in [7, 11) is 0. The summed E-state index contributed by atoms with van der Waals surface area (Å²) in [5.74, 6) is 0.0317. The fourth-order valence-electron chi connectivity index (χ4n) is 2.56. The normalized spacial score (nSPS) is 22.4. The molecule has 1 aromatic rings. The smallest absolute Gasteiger partial charge is 0.319 e. The van der Waals surface area contributed by atoms with E-state index >= 15 is 0 Å². The van der Waals surface area contributed by atoms with Crippen LogP contribution in [0.15, 0.2) is 34.6 Å². The quantitative estimate of drug-likeness (QED) is 0.843. The number of amides is 1. The maximum absolute atomic E-state index is 12.6. The Morgan fingerprint density at radius 1 is 1.19 bits per heavy atom. The summed E-state index contributed by atoms with van der Waals surface area (Å²) in [5.41, 5.74) is -0.217. The molecule has 3 rings (SSSR count). The van der Waals surface area contributed by atoms with Gasteiger partial charge in [-0.2, -0.15) is 18.3 Å². The molecular formula is C13H13F3N4O. The van der Waals surface area contributed by atoms with Crippen LogP contribution in [-0.2, 0) is 11.0 Å². The van der Waals surface area contributed by atoms with Crippen molar-refractivity contribution in [1.82, 2.24) is 4.90 Å². The van der Waals surface area contributed by atoms with E-state index in [9.17, 15) is 18.0 Å². The highest BCUT2D eigenvalue weighted by Crippen LogP contribution is 2.32. The first kappa shape index (κ1) is 13.8. The van der Waals surface area contributed by atoms with Crippen LogP contribution >= 0.6 is 0 Å². The van der Waals surface area contributed by atoms with Gasteiger partial charge in [0.15, 0.2) is 0 Å². The van der Waals surface area contributed by atoms with E-state index in [0.717, 1.165) is 18.6 Å². The molecule has 1 amide bonds. The number of hydrogen-bond donors (Lipinski definition) is 0. The summed E-state index contributed by atoms with van der Waals surface area (Å²) in [5, 5.41) is 9.35. The third-order valence-corrected chi connectivity index (χ3v) is 3.62. The van der Waals surface area contributed by atoms with Crippen LogP contribution in [0.25, 0.3) is 0 Å². The highest BCUT2D eigenvalue weighted by atomic mass is 19.4. The Labute approximate surface area is 119 Å². The van der Waals surface area contributed by atoms with Crippen molar-refractivity contribution < 1.29 is 18.0 Å². The monoisotopic (exact) mass is 298 g/mol. The molecule has 2 aliphatic heterocycles. The number of benzene rings is 1.